The largest absolute Gasteiger partial charge is 0.300 e. The molecule has 0 fully saturated rings. The van der Waals surface area contributed by atoms with E-state index in [1.54, 1.807) is 12.1 Å². The van der Waals surface area contributed by atoms with E-state index in [2.05, 4.69) is 15.5 Å². The second-order valence-electron chi connectivity index (χ2n) is 4.59. The van der Waals surface area contributed by atoms with Crippen LogP contribution in [-0.2, 0) is 10.5 Å². The van der Waals surface area contributed by atoms with Crippen LogP contribution in [0.3, 0.4) is 0 Å². The van der Waals surface area contributed by atoms with E-state index in [1.807, 2.05) is 13.8 Å². The first-order valence-corrected chi connectivity index (χ1v) is 8.40. The van der Waals surface area contributed by atoms with Gasteiger partial charge in [0.25, 0.3) is 0 Å². The van der Waals surface area contributed by atoms with E-state index in [4.69, 9.17) is 0 Å². The lowest BCUT2D eigenvalue weighted by atomic mass is 10.1. The third kappa shape index (κ3) is 4.78. The molecule has 1 N–H and O–H groups in total. The number of amides is 1. The summed E-state index contributed by atoms with van der Waals surface area (Å²) in [5.41, 5.74) is 1.02. The van der Waals surface area contributed by atoms with Crippen LogP contribution < -0.4 is 5.32 Å². The molecule has 0 saturated heterocycles. The number of rotatable bonds is 6. The van der Waals surface area contributed by atoms with Crippen LogP contribution in [0.5, 0.6) is 0 Å². The summed E-state index contributed by atoms with van der Waals surface area (Å²) < 4.78 is 13.6. The minimum absolute atomic E-state index is 0.0378. The Balaban J connectivity index is 1.88. The fraction of sp³-hybridized carbons (Fsp3) is 0.357. The van der Waals surface area contributed by atoms with Crippen molar-refractivity contribution < 1.29 is 9.18 Å². The van der Waals surface area contributed by atoms with E-state index in [-0.39, 0.29) is 17.6 Å². The lowest BCUT2D eigenvalue weighted by molar-refractivity contribution is -0.119. The van der Waals surface area contributed by atoms with Crippen LogP contribution in [0.1, 0.15) is 25.8 Å². The summed E-state index contributed by atoms with van der Waals surface area (Å²) in [7, 11) is 0. The third-order valence-corrected chi connectivity index (χ3v) is 5.02. The molecular weight excluding hydrogens is 309 g/mol. The molecular formula is C14H16FN3OS2. The lowest BCUT2D eigenvalue weighted by Crippen LogP contribution is -2.19. The van der Waals surface area contributed by atoms with Crippen LogP contribution in [0.4, 0.5) is 9.52 Å². The van der Waals surface area contributed by atoms with Crippen molar-refractivity contribution in [2.75, 3.05) is 5.32 Å². The molecule has 0 radical (unpaired) electrons. The molecule has 0 aliphatic carbocycles. The summed E-state index contributed by atoms with van der Waals surface area (Å²) in [5, 5.41) is 11.3. The molecule has 7 heteroatoms. The maximum atomic E-state index is 12.8. The summed E-state index contributed by atoms with van der Waals surface area (Å²) in [4.78, 5) is 11.7. The summed E-state index contributed by atoms with van der Waals surface area (Å²) >= 11 is 2.86. The number of aromatic nitrogens is 2. The van der Waals surface area contributed by atoms with Gasteiger partial charge in [0.2, 0.25) is 11.0 Å². The van der Waals surface area contributed by atoms with Crippen LogP contribution in [0.2, 0.25) is 0 Å². The van der Waals surface area contributed by atoms with Gasteiger partial charge in [-0.2, -0.15) is 0 Å². The smallest absolute Gasteiger partial charge is 0.229 e. The Kier molecular flexibility index (Phi) is 5.69. The molecule has 21 heavy (non-hydrogen) atoms. The number of nitrogens with zero attached hydrogens (tertiary/aromatic N) is 2. The molecule has 1 aromatic heterocycles. The number of hydrogen-bond donors (Lipinski definition) is 1. The maximum absolute atomic E-state index is 12.8. The molecule has 0 unspecified atom stereocenters. The molecule has 0 saturated carbocycles. The van der Waals surface area contributed by atoms with Gasteiger partial charge in [0, 0.05) is 11.7 Å². The number of benzene rings is 1. The van der Waals surface area contributed by atoms with Crippen LogP contribution in [0.15, 0.2) is 28.6 Å². The summed E-state index contributed by atoms with van der Waals surface area (Å²) in [5.74, 6) is 0.372. The van der Waals surface area contributed by atoms with Gasteiger partial charge in [-0.05, 0) is 24.1 Å². The van der Waals surface area contributed by atoms with Crippen molar-refractivity contribution >= 4 is 34.1 Å². The van der Waals surface area contributed by atoms with Crippen molar-refractivity contribution in [2.24, 2.45) is 5.92 Å². The quantitative estimate of drug-likeness (QED) is 0.645. The zero-order valence-corrected chi connectivity index (χ0v) is 13.4. The van der Waals surface area contributed by atoms with Gasteiger partial charge in [-0.1, -0.05) is 49.1 Å². The third-order valence-electron chi connectivity index (χ3n) is 2.97. The van der Waals surface area contributed by atoms with Crippen molar-refractivity contribution in [3.05, 3.63) is 35.6 Å². The van der Waals surface area contributed by atoms with Gasteiger partial charge in [-0.25, -0.2) is 4.39 Å². The number of anilines is 1. The highest BCUT2D eigenvalue weighted by Crippen LogP contribution is 2.28. The van der Waals surface area contributed by atoms with Crippen LogP contribution >= 0.6 is 23.1 Å². The Morgan fingerprint density at radius 1 is 1.38 bits per heavy atom. The van der Waals surface area contributed by atoms with Crippen molar-refractivity contribution in [3.63, 3.8) is 0 Å². The normalized spacial score (nSPS) is 12.1. The first kappa shape index (κ1) is 15.9. The number of carbonyl (C=O) groups is 1. The summed E-state index contributed by atoms with van der Waals surface area (Å²) in [6, 6.07) is 6.37. The van der Waals surface area contributed by atoms with E-state index >= 15 is 0 Å². The van der Waals surface area contributed by atoms with Gasteiger partial charge in [0.15, 0.2) is 4.34 Å². The van der Waals surface area contributed by atoms with E-state index < -0.39 is 0 Å². The molecule has 1 heterocycles. The SMILES string of the molecule is CC[C@@H](C)C(=O)Nc1nnc(SCc2ccc(F)cc2)s1. The number of halogens is 1. The van der Waals surface area contributed by atoms with Gasteiger partial charge in [0.1, 0.15) is 5.82 Å². The number of carbonyl (C=O) groups excluding carboxylic acids is 1. The second-order valence-corrected chi connectivity index (χ2v) is 6.79. The molecule has 0 aliphatic heterocycles. The average molecular weight is 325 g/mol. The molecule has 4 nitrogen and oxygen atoms in total. The molecule has 0 bridgehead atoms. The topological polar surface area (TPSA) is 54.9 Å². The van der Waals surface area contributed by atoms with Crippen molar-refractivity contribution in [2.45, 2.75) is 30.4 Å². The predicted molar refractivity (Wildman–Crippen MR) is 84.0 cm³/mol. The first-order valence-electron chi connectivity index (χ1n) is 6.60. The van der Waals surface area contributed by atoms with Gasteiger partial charge in [0.05, 0.1) is 0 Å². The molecule has 0 aliphatic rings. The van der Waals surface area contributed by atoms with E-state index in [1.165, 1.54) is 35.2 Å². The standard InChI is InChI=1S/C14H16FN3OS2/c1-3-9(2)12(19)16-13-17-18-14(21-13)20-8-10-4-6-11(15)7-5-10/h4-7,9H,3,8H2,1-2H3,(H,16,17,19)/t9-/m1/s1. The average Bonchev–Trinajstić information content (AvgIpc) is 2.93. The van der Waals surface area contributed by atoms with Crippen molar-refractivity contribution in [1.29, 1.82) is 0 Å². The number of hydrogen-bond acceptors (Lipinski definition) is 5. The second kappa shape index (κ2) is 7.51. The van der Waals surface area contributed by atoms with E-state index in [0.717, 1.165) is 16.3 Å². The van der Waals surface area contributed by atoms with Crippen molar-refractivity contribution in [1.82, 2.24) is 10.2 Å². The Labute approximate surface area is 131 Å². The zero-order chi connectivity index (χ0) is 15.2. The molecule has 2 aromatic rings. The Morgan fingerprint density at radius 3 is 2.76 bits per heavy atom. The van der Waals surface area contributed by atoms with Gasteiger partial charge < -0.3 is 5.32 Å². The van der Waals surface area contributed by atoms with Gasteiger partial charge >= 0.3 is 0 Å². The molecule has 1 atom stereocenters. The van der Waals surface area contributed by atoms with Gasteiger partial charge in [-0.3, -0.25) is 4.79 Å². The minimum Gasteiger partial charge on any atom is -0.300 e. The number of nitrogens with one attached hydrogen (secondary N) is 1. The fourth-order valence-corrected chi connectivity index (χ4v) is 3.17. The minimum atomic E-state index is -0.241. The predicted octanol–water partition coefficient (Wildman–Crippen LogP) is 3.95. The Bertz CT molecular complexity index is 601. The Morgan fingerprint density at radius 2 is 2.10 bits per heavy atom. The highest BCUT2D eigenvalue weighted by molar-refractivity contribution is 8.00. The van der Waals surface area contributed by atoms with Crippen LogP contribution in [0.25, 0.3) is 0 Å². The molecule has 0 spiro atoms. The zero-order valence-electron chi connectivity index (χ0n) is 11.8. The highest BCUT2D eigenvalue weighted by atomic mass is 32.2. The Hall–Kier alpha value is -1.47. The van der Waals surface area contributed by atoms with E-state index in [9.17, 15) is 9.18 Å². The van der Waals surface area contributed by atoms with Gasteiger partial charge in [-0.15, -0.1) is 10.2 Å². The fourth-order valence-electron chi connectivity index (χ4n) is 1.46. The molecule has 1 aromatic carbocycles. The summed E-state index contributed by atoms with van der Waals surface area (Å²) in [6.07, 6.45) is 0.789. The highest BCUT2D eigenvalue weighted by Gasteiger charge is 2.13. The van der Waals surface area contributed by atoms with Crippen LogP contribution in [0, 0.1) is 11.7 Å². The monoisotopic (exact) mass is 325 g/mol. The first-order chi connectivity index (χ1) is 10.1. The van der Waals surface area contributed by atoms with Crippen LogP contribution in [-0.4, -0.2) is 16.1 Å². The van der Waals surface area contributed by atoms with E-state index in [0.29, 0.717) is 10.9 Å². The maximum Gasteiger partial charge on any atom is 0.229 e. The number of thioether (sulfide) groups is 1. The molecule has 1 amide bonds. The summed E-state index contributed by atoms with van der Waals surface area (Å²) in [6.45, 7) is 3.84. The van der Waals surface area contributed by atoms with Crippen molar-refractivity contribution in [3.8, 4) is 0 Å². The lowest BCUT2D eigenvalue weighted by Gasteiger charge is -2.06. The molecule has 112 valence electrons. The molecule has 2 rings (SSSR count).